The predicted octanol–water partition coefficient (Wildman–Crippen LogP) is 1.00. The summed E-state index contributed by atoms with van der Waals surface area (Å²) in [5.41, 5.74) is -0.176. The maximum atomic E-state index is 6.41. The smallest absolute Gasteiger partial charge is 0.292 e. The fourth-order valence-electron chi connectivity index (χ4n) is 3.63. The molecule has 3 saturated heterocycles. The fraction of sp³-hybridized carbons (Fsp3) is 0.667. The Morgan fingerprint density at radius 3 is 3.00 bits per heavy atom. The lowest BCUT2D eigenvalue weighted by Crippen LogP contribution is -2.69. The zero-order valence-electron chi connectivity index (χ0n) is 10.7. The van der Waals surface area contributed by atoms with Crippen molar-refractivity contribution in [3.8, 4) is 0 Å². The molecule has 0 aromatic carbocycles. The van der Waals surface area contributed by atoms with Gasteiger partial charge in [0.15, 0.2) is 10.7 Å². The van der Waals surface area contributed by atoms with Crippen molar-refractivity contribution in [1.29, 1.82) is 0 Å². The van der Waals surface area contributed by atoms with Gasteiger partial charge in [-0.25, -0.2) is 18.0 Å². The highest BCUT2D eigenvalue weighted by Gasteiger charge is 2.54. The summed E-state index contributed by atoms with van der Waals surface area (Å²) in [4.78, 5) is 8.71. The van der Waals surface area contributed by atoms with E-state index in [1.807, 2.05) is 5.38 Å². The van der Waals surface area contributed by atoms with Gasteiger partial charge < -0.3 is 9.13 Å². The van der Waals surface area contributed by atoms with Crippen molar-refractivity contribution in [3.05, 3.63) is 11.6 Å². The van der Waals surface area contributed by atoms with Gasteiger partial charge in [0, 0.05) is 30.6 Å². The van der Waals surface area contributed by atoms with Gasteiger partial charge in [0.1, 0.15) is 0 Å². The number of thiazole rings is 1. The van der Waals surface area contributed by atoms with Crippen LogP contribution in [0.1, 0.15) is 12.8 Å². The summed E-state index contributed by atoms with van der Waals surface area (Å²) < 4.78 is 6.82. The summed E-state index contributed by atoms with van der Waals surface area (Å²) >= 11 is 1.55. The lowest BCUT2D eigenvalue weighted by Gasteiger charge is -2.64. The minimum atomic E-state index is -0.176. The van der Waals surface area contributed by atoms with Gasteiger partial charge in [0.2, 0.25) is 0 Å². The Morgan fingerprint density at radius 1 is 1.47 bits per heavy atom. The van der Waals surface area contributed by atoms with Crippen LogP contribution >= 0.6 is 11.3 Å². The van der Waals surface area contributed by atoms with Crippen molar-refractivity contribution in [3.63, 3.8) is 0 Å². The van der Waals surface area contributed by atoms with Gasteiger partial charge in [0.25, 0.3) is 6.02 Å². The molecule has 5 heterocycles. The first-order chi connectivity index (χ1) is 9.18. The third-order valence-electron chi connectivity index (χ3n) is 4.61. The number of hydrogen-bond acceptors (Lipinski definition) is 5. The molecule has 99 valence electrons. The SMILES string of the molecule is [B-][N+]12CCC(CC1)C1(CN=C(Nc3nccs3)O1)C2. The highest BCUT2D eigenvalue weighted by Crippen LogP contribution is 2.43. The van der Waals surface area contributed by atoms with Gasteiger partial charge in [-0.15, -0.1) is 11.3 Å². The van der Waals surface area contributed by atoms with Crippen molar-refractivity contribution in [2.45, 2.75) is 18.4 Å². The van der Waals surface area contributed by atoms with Gasteiger partial charge in [-0.3, -0.25) is 5.32 Å². The topological polar surface area (TPSA) is 46.5 Å². The maximum Gasteiger partial charge on any atom is 0.292 e. The summed E-state index contributed by atoms with van der Waals surface area (Å²) in [6.07, 6.45) is 4.07. The van der Waals surface area contributed by atoms with Crippen LogP contribution in [0.15, 0.2) is 16.6 Å². The van der Waals surface area contributed by atoms with E-state index in [2.05, 4.69) is 15.3 Å². The van der Waals surface area contributed by atoms with E-state index in [0.717, 1.165) is 44.2 Å². The molecule has 0 amide bonds. The third kappa shape index (κ3) is 1.87. The quantitative estimate of drug-likeness (QED) is 0.778. The average molecular weight is 275 g/mol. The van der Waals surface area contributed by atoms with Gasteiger partial charge in [-0.05, 0) is 12.8 Å². The second-order valence-corrected chi connectivity index (χ2v) is 6.74. The van der Waals surface area contributed by atoms with Crippen LogP contribution < -0.4 is 5.32 Å². The fourth-order valence-corrected chi connectivity index (χ4v) is 4.15. The third-order valence-corrected chi connectivity index (χ3v) is 5.30. The number of quaternary nitrogens is 1. The Balaban J connectivity index is 1.51. The highest BCUT2D eigenvalue weighted by atomic mass is 32.1. The Hall–Kier alpha value is -1.08. The van der Waals surface area contributed by atoms with Crippen LogP contribution in [0.25, 0.3) is 0 Å². The van der Waals surface area contributed by atoms with Crippen LogP contribution in [-0.4, -0.2) is 55.2 Å². The second kappa shape index (κ2) is 3.96. The Kier molecular flexibility index (Phi) is 2.44. The van der Waals surface area contributed by atoms with Crippen molar-refractivity contribution in [2.75, 3.05) is 31.5 Å². The van der Waals surface area contributed by atoms with Gasteiger partial charge in [0.05, 0.1) is 13.1 Å². The van der Waals surface area contributed by atoms with Gasteiger partial charge in [-0.2, -0.15) is 0 Å². The van der Waals surface area contributed by atoms with E-state index >= 15 is 0 Å². The number of rotatable bonds is 1. The molecule has 0 saturated carbocycles. The second-order valence-electron chi connectivity index (χ2n) is 5.85. The number of aromatic nitrogens is 1. The van der Waals surface area contributed by atoms with E-state index in [0.29, 0.717) is 16.3 Å². The predicted molar refractivity (Wildman–Crippen MR) is 75.2 cm³/mol. The summed E-state index contributed by atoms with van der Waals surface area (Å²) in [6.45, 7) is 3.75. The molecular weight excluding hydrogens is 259 g/mol. The molecule has 5 nitrogen and oxygen atoms in total. The molecule has 1 aromatic rings. The van der Waals surface area contributed by atoms with Gasteiger partial charge in [-0.1, -0.05) is 0 Å². The number of ether oxygens (including phenoxy) is 1. The van der Waals surface area contributed by atoms with Gasteiger partial charge >= 0.3 is 0 Å². The number of nitrogens with one attached hydrogen (secondary N) is 1. The van der Waals surface area contributed by atoms with Crippen molar-refractivity contribution in [1.82, 2.24) is 4.98 Å². The number of anilines is 1. The molecule has 1 aromatic heterocycles. The molecular formula is C12H16BN4OS. The lowest BCUT2D eigenvalue weighted by atomic mass is 9.72. The Labute approximate surface area is 117 Å². The van der Waals surface area contributed by atoms with Crippen LogP contribution in [0.3, 0.4) is 0 Å². The monoisotopic (exact) mass is 275 g/mol. The Morgan fingerprint density at radius 2 is 2.32 bits per heavy atom. The molecule has 19 heavy (non-hydrogen) atoms. The normalized spacial score (nSPS) is 40.3. The zero-order chi connectivity index (χ0) is 12.9. The summed E-state index contributed by atoms with van der Waals surface area (Å²) in [5, 5.41) is 5.91. The van der Waals surface area contributed by atoms with Crippen LogP contribution in [0, 0.1) is 5.92 Å². The van der Waals surface area contributed by atoms with E-state index in [4.69, 9.17) is 12.7 Å². The highest BCUT2D eigenvalue weighted by molar-refractivity contribution is 7.13. The Bertz CT molecular complexity index is 512. The van der Waals surface area contributed by atoms with E-state index in [1.54, 1.807) is 17.5 Å². The molecule has 1 N–H and O–H groups in total. The average Bonchev–Trinajstić information content (AvgIpc) is 3.01. The van der Waals surface area contributed by atoms with E-state index in [-0.39, 0.29) is 5.60 Å². The molecule has 1 spiro atoms. The molecule has 1 atom stereocenters. The number of piperidine rings is 3. The number of nitrogens with zero attached hydrogens (tertiary/aromatic N) is 3. The van der Waals surface area contributed by atoms with Crippen molar-refractivity contribution in [2.24, 2.45) is 10.9 Å². The first kappa shape index (κ1) is 11.7. The number of amidine groups is 1. The molecule has 3 fully saturated rings. The van der Waals surface area contributed by atoms with Crippen LogP contribution in [0.5, 0.6) is 0 Å². The first-order valence-electron chi connectivity index (χ1n) is 6.72. The standard InChI is InChI=1S/C12H16BN4OS/c13-17-4-1-9(2-5-17)12(8-17)7-15-10(18-12)16-11-14-3-6-19-11/h3,6,9H,1-2,4-5,7-8H2,(H,14,15,16). The summed E-state index contributed by atoms with van der Waals surface area (Å²) in [6, 6.07) is 0.607. The summed E-state index contributed by atoms with van der Waals surface area (Å²) in [5.74, 6) is 0.593. The van der Waals surface area contributed by atoms with Crippen LogP contribution in [0.2, 0.25) is 0 Å². The summed E-state index contributed by atoms with van der Waals surface area (Å²) in [7, 11) is 6.41. The molecule has 7 heteroatoms. The minimum Gasteiger partial charge on any atom is -0.585 e. The molecule has 1 unspecified atom stereocenters. The molecule has 4 aliphatic rings. The first-order valence-corrected chi connectivity index (χ1v) is 7.60. The number of fused-ring (bicyclic) bond motifs is 2. The van der Waals surface area contributed by atoms with E-state index in [9.17, 15) is 0 Å². The van der Waals surface area contributed by atoms with Crippen molar-refractivity contribution >= 4 is 30.5 Å². The van der Waals surface area contributed by atoms with E-state index in [1.165, 1.54) is 0 Å². The molecule has 3 radical (unpaired) electrons. The maximum absolute atomic E-state index is 6.41. The zero-order valence-corrected chi connectivity index (χ0v) is 11.5. The molecule has 4 aliphatic heterocycles. The minimum absolute atomic E-state index is 0.176. The molecule has 2 bridgehead atoms. The number of hydrogen-bond donors (Lipinski definition) is 1. The largest absolute Gasteiger partial charge is 0.585 e. The number of aliphatic imine (C=N–C) groups is 1. The van der Waals surface area contributed by atoms with Crippen LogP contribution in [-0.2, 0) is 4.74 Å². The van der Waals surface area contributed by atoms with E-state index < -0.39 is 0 Å². The molecule has 0 aliphatic carbocycles. The lowest BCUT2D eigenvalue weighted by molar-refractivity contribution is -0.845. The van der Waals surface area contributed by atoms with Crippen LogP contribution in [0.4, 0.5) is 5.13 Å². The molecule has 5 rings (SSSR count). The van der Waals surface area contributed by atoms with Crippen molar-refractivity contribution < 1.29 is 9.13 Å².